The van der Waals surface area contributed by atoms with E-state index < -0.39 is 7.25 Å². The summed E-state index contributed by atoms with van der Waals surface area (Å²) in [4.78, 5) is 0. The van der Waals surface area contributed by atoms with E-state index in [0.29, 0.717) is 0 Å². The van der Waals surface area contributed by atoms with Crippen molar-refractivity contribution in [1.82, 2.24) is 0 Å². The summed E-state index contributed by atoms with van der Waals surface area (Å²) in [5, 5.41) is 0. The highest BCUT2D eigenvalue weighted by atomic mass is 19.5. The summed E-state index contributed by atoms with van der Waals surface area (Å²) >= 11 is 0. The first-order valence-corrected chi connectivity index (χ1v) is 4.88. The predicted molar refractivity (Wildman–Crippen MR) is 54.2 cm³/mol. The molecule has 15 heavy (non-hydrogen) atoms. The number of nitrogens with zero attached hydrogens (tertiary/aromatic N) is 1. The third-order valence-corrected chi connectivity index (χ3v) is 2.36. The van der Waals surface area contributed by atoms with Crippen molar-refractivity contribution in [3.05, 3.63) is 0 Å². The molecule has 2 nitrogen and oxygen atoms in total. The third-order valence-electron chi connectivity index (χ3n) is 2.36. The molecule has 0 amide bonds. The summed E-state index contributed by atoms with van der Waals surface area (Å²) in [6.07, 6.45) is 0. The van der Waals surface area contributed by atoms with E-state index in [2.05, 4.69) is 20.9 Å². The molecule has 94 valence electrons. The predicted octanol–water partition coefficient (Wildman–Crippen LogP) is 2.42. The van der Waals surface area contributed by atoms with Crippen LogP contribution in [-0.2, 0) is 4.74 Å². The minimum atomic E-state index is -6.00. The van der Waals surface area contributed by atoms with Gasteiger partial charge in [0.25, 0.3) is 0 Å². The van der Waals surface area contributed by atoms with Crippen LogP contribution in [0.1, 0.15) is 13.8 Å². The zero-order chi connectivity index (χ0) is 12.5. The average Bonchev–Trinajstić information content (AvgIpc) is 2.12. The van der Waals surface area contributed by atoms with Gasteiger partial charge in [-0.3, -0.25) is 0 Å². The van der Waals surface area contributed by atoms with Gasteiger partial charge in [-0.2, -0.15) is 0 Å². The van der Waals surface area contributed by atoms with Crippen molar-refractivity contribution < 1.29 is 26.5 Å². The second-order valence-electron chi connectivity index (χ2n) is 3.46. The van der Waals surface area contributed by atoms with Gasteiger partial charge >= 0.3 is 7.25 Å². The molecule has 0 aliphatic carbocycles. The molecule has 0 aromatic rings. The number of hydrogen-bond acceptors (Lipinski definition) is 1. The van der Waals surface area contributed by atoms with Gasteiger partial charge in [0.15, 0.2) is 0 Å². The number of likely N-dealkylation sites (N-methyl/N-ethyl adjacent to an activating group) is 1. The van der Waals surface area contributed by atoms with E-state index in [0.717, 1.165) is 17.6 Å². The van der Waals surface area contributed by atoms with Crippen LogP contribution < -0.4 is 0 Å². The van der Waals surface area contributed by atoms with E-state index in [-0.39, 0.29) is 0 Å². The Labute approximate surface area is 88.9 Å². The molecule has 0 aromatic carbocycles. The zero-order valence-electron chi connectivity index (χ0n) is 9.77. The van der Waals surface area contributed by atoms with Gasteiger partial charge in [0, 0.05) is 7.11 Å². The number of halogens is 4. The van der Waals surface area contributed by atoms with E-state index in [1.54, 1.807) is 7.11 Å². The highest BCUT2D eigenvalue weighted by Crippen LogP contribution is 2.06. The fraction of sp³-hybridized carbons (Fsp3) is 1.00. The van der Waals surface area contributed by atoms with E-state index >= 15 is 0 Å². The van der Waals surface area contributed by atoms with Crippen molar-refractivity contribution in [3.63, 3.8) is 0 Å². The van der Waals surface area contributed by atoms with E-state index in [1.165, 1.54) is 13.1 Å². The molecule has 0 unspecified atom stereocenters. The maximum atomic E-state index is 9.75. The summed E-state index contributed by atoms with van der Waals surface area (Å²) in [7, 11) is -1.98. The van der Waals surface area contributed by atoms with Crippen LogP contribution in [0, 0.1) is 0 Å². The van der Waals surface area contributed by atoms with E-state index in [1.807, 2.05) is 0 Å². The van der Waals surface area contributed by atoms with Crippen molar-refractivity contribution in [2.75, 3.05) is 40.4 Å². The number of rotatable bonds is 5. The molecule has 0 saturated heterocycles. The fourth-order valence-electron chi connectivity index (χ4n) is 0.852. The Morgan fingerprint density at radius 2 is 1.40 bits per heavy atom. The summed E-state index contributed by atoms with van der Waals surface area (Å²) in [6.45, 7) is 8.83. The monoisotopic (exact) mass is 233 g/mol. The van der Waals surface area contributed by atoms with Gasteiger partial charge in [-0.1, -0.05) is 0 Å². The minimum Gasteiger partial charge on any atom is -0.418 e. The van der Waals surface area contributed by atoms with Gasteiger partial charge in [0.2, 0.25) is 0 Å². The minimum absolute atomic E-state index is 0.873. The Hall–Kier alpha value is -0.295. The second-order valence-corrected chi connectivity index (χ2v) is 3.46. The molecule has 0 rings (SSSR count). The maximum absolute atomic E-state index is 9.75. The van der Waals surface area contributed by atoms with E-state index in [9.17, 15) is 17.3 Å². The Bertz CT molecular complexity index is 144. The Morgan fingerprint density at radius 3 is 1.60 bits per heavy atom. The number of ether oxygens (including phenoxy) is 1. The highest BCUT2D eigenvalue weighted by Gasteiger charge is 2.20. The lowest BCUT2D eigenvalue weighted by molar-refractivity contribution is -0.906. The molecular formula is C8H20BF4NO. The van der Waals surface area contributed by atoms with Crippen LogP contribution in [0.15, 0.2) is 0 Å². The third kappa shape index (κ3) is 16.4. The summed E-state index contributed by atoms with van der Waals surface area (Å²) < 4.78 is 45.1. The van der Waals surface area contributed by atoms with Crippen molar-refractivity contribution in [3.8, 4) is 0 Å². The van der Waals surface area contributed by atoms with Gasteiger partial charge in [-0.15, -0.1) is 0 Å². The van der Waals surface area contributed by atoms with Crippen molar-refractivity contribution >= 4 is 7.25 Å². The van der Waals surface area contributed by atoms with Crippen LogP contribution in [0.2, 0.25) is 0 Å². The normalized spacial score (nSPS) is 12.0. The Morgan fingerprint density at radius 1 is 1.07 bits per heavy atom. The molecule has 0 aromatic heterocycles. The molecule has 0 fully saturated rings. The quantitative estimate of drug-likeness (QED) is 0.402. The molecule has 0 heterocycles. The van der Waals surface area contributed by atoms with Gasteiger partial charge in [0.05, 0.1) is 26.7 Å². The largest absolute Gasteiger partial charge is 0.673 e. The number of hydrogen-bond donors (Lipinski definition) is 0. The van der Waals surface area contributed by atoms with Crippen LogP contribution in [0.3, 0.4) is 0 Å². The highest BCUT2D eigenvalue weighted by molar-refractivity contribution is 6.50. The first kappa shape index (κ1) is 17.1. The van der Waals surface area contributed by atoms with Crippen LogP contribution in [0.25, 0.3) is 0 Å². The summed E-state index contributed by atoms with van der Waals surface area (Å²) in [5.41, 5.74) is 0. The lowest BCUT2D eigenvalue weighted by Gasteiger charge is -2.31. The maximum Gasteiger partial charge on any atom is 0.673 e. The van der Waals surface area contributed by atoms with Crippen molar-refractivity contribution in [2.45, 2.75) is 13.8 Å². The van der Waals surface area contributed by atoms with Gasteiger partial charge in [0.1, 0.15) is 6.54 Å². The molecule has 7 heteroatoms. The van der Waals surface area contributed by atoms with E-state index in [4.69, 9.17) is 4.74 Å². The molecule has 0 bridgehead atoms. The lowest BCUT2D eigenvalue weighted by Crippen LogP contribution is -2.45. The Kier molecular flexibility index (Phi) is 9.04. The second kappa shape index (κ2) is 7.93. The molecule has 0 spiro atoms. The van der Waals surface area contributed by atoms with Crippen LogP contribution in [0.5, 0.6) is 0 Å². The molecule has 0 N–H and O–H groups in total. The fourth-order valence-corrected chi connectivity index (χ4v) is 0.852. The van der Waals surface area contributed by atoms with Crippen molar-refractivity contribution in [2.24, 2.45) is 0 Å². The van der Waals surface area contributed by atoms with Gasteiger partial charge in [-0.05, 0) is 13.8 Å². The zero-order valence-corrected chi connectivity index (χ0v) is 9.77. The Balaban J connectivity index is 0. The standard InChI is InChI=1S/C8H20NO.BF4/c1-5-9(3,6-2)7-8-10-4;2-1(3,4)5/h5-8H2,1-4H3;/q+1;-1. The van der Waals surface area contributed by atoms with Crippen molar-refractivity contribution in [1.29, 1.82) is 0 Å². The SMILES string of the molecule is CC[N+](C)(CC)CCOC.F[B-](F)(F)F. The lowest BCUT2D eigenvalue weighted by atomic mass is 10.3. The van der Waals surface area contributed by atoms with Crippen LogP contribution in [-0.4, -0.2) is 52.1 Å². The molecule has 0 saturated carbocycles. The smallest absolute Gasteiger partial charge is 0.418 e. The molecule has 0 aliphatic rings. The average molecular weight is 233 g/mol. The number of methoxy groups -OCH3 is 1. The molecule has 0 radical (unpaired) electrons. The summed E-state index contributed by atoms with van der Waals surface area (Å²) in [6, 6.07) is 0. The summed E-state index contributed by atoms with van der Waals surface area (Å²) in [5.74, 6) is 0. The molecule has 0 atom stereocenters. The van der Waals surface area contributed by atoms with Gasteiger partial charge < -0.3 is 26.5 Å². The van der Waals surface area contributed by atoms with Gasteiger partial charge in [-0.25, -0.2) is 0 Å². The number of quaternary nitrogens is 1. The van der Waals surface area contributed by atoms with Crippen LogP contribution in [0.4, 0.5) is 17.3 Å². The molecular weight excluding hydrogens is 213 g/mol. The first-order chi connectivity index (χ1) is 6.68. The topological polar surface area (TPSA) is 9.23 Å². The molecule has 0 aliphatic heterocycles. The first-order valence-electron chi connectivity index (χ1n) is 4.88. The van der Waals surface area contributed by atoms with Crippen LogP contribution >= 0.6 is 0 Å².